The SMILES string of the molecule is O=C(NC1CCN(Cc2ccccc2)CC1)c1ccccc1OCc1ccnc2ccccc12. The molecule has 0 atom stereocenters. The lowest BCUT2D eigenvalue weighted by Crippen LogP contribution is -2.44. The Labute approximate surface area is 200 Å². The molecular weight excluding hydrogens is 422 g/mol. The summed E-state index contributed by atoms with van der Waals surface area (Å²) in [5.41, 5.74) is 3.89. The van der Waals surface area contributed by atoms with Crippen molar-refractivity contribution in [3.05, 3.63) is 108 Å². The second-order valence-electron chi connectivity index (χ2n) is 8.78. The van der Waals surface area contributed by atoms with Gasteiger partial charge >= 0.3 is 0 Å². The Kier molecular flexibility index (Phi) is 6.82. The van der Waals surface area contributed by atoms with E-state index in [1.54, 1.807) is 6.20 Å². The van der Waals surface area contributed by atoms with Crippen LogP contribution in [0.15, 0.2) is 91.1 Å². The molecule has 1 aromatic heterocycles. The fourth-order valence-electron chi connectivity index (χ4n) is 4.56. The third-order valence-corrected chi connectivity index (χ3v) is 6.43. The zero-order valence-electron chi connectivity index (χ0n) is 19.2. The third-order valence-electron chi connectivity index (χ3n) is 6.43. The monoisotopic (exact) mass is 451 g/mol. The standard InChI is InChI=1S/C29H29N3O2/c33-29(31-24-15-18-32(19-16-24)20-22-8-2-1-3-9-22)26-11-5-7-13-28(26)34-21-23-14-17-30-27-12-6-4-10-25(23)27/h1-14,17,24H,15-16,18-21H2,(H,31,33). The predicted octanol–water partition coefficient (Wildman–Crippen LogP) is 5.21. The minimum Gasteiger partial charge on any atom is -0.488 e. The number of para-hydroxylation sites is 2. The minimum absolute atomic E-state index is 0.0725. The van der Waals surface area contributed by atoms with Crippen LogP contribution in [0.3, 0.4) is 0 Å². The van der Waals surface area contributed by atoms with Crippen LogP contribution in [0, 0.1) is 0 Å². The summed E-state index contributed by atoms with van der Waals surface area (Å²) in [6.45, 7) is 3.30. The highest BCUT2D eigenvalue weighted by atomic mass is 16.5. The molecule has 172 valence electrons. The van der Waals surface area contributed by atoms with Crippen molar-refractivity contribution < 1.29 is 9.53 Å². The quantitative estimate of drug-likeness (QED) is 0.419. The first-order valence-corrected chi connectivity index (χ1v) is 11.9. The van der Waals surface area contributed by atoms with Crippen LogP contribution in [-0.2, 0) is 13.2 Å². The number of benzene rings is 3. The van der Waals surface area contributed by atoms with Crippen molar-refractivity contribution in [3.8, 4) is 5.75 Å². The molecule has 0 bridgehead atoms. The summed E-state index contributed by atoms with van der Waals surface area (Å²) < 4.78 is 6.13. The molecule has 1 saturated heterocycles. The number of rotatable bonds is 7. The molecule has 3 aromatic carbocycles. The van der Waals surface area contributed by atoms with Crippen molar-refractivity contribution >= 4 is 16.8 Å². The summed E-state index contributed by atoms with van der Waals surface area (Å²) in [5, 5.41) is 4.30. The number of likely N-dealkylation sites (tertiary alicyclic amines) is 1. The lowest BCUT2D eigenvalue weighted by Gasteiger charge is -2.32. The Morgan fingerprint density at radius 2 is 1.65 bits per heavy atom. The zero-order valence-corrected chi connectivity index (χ0v) is 19.2. The molecule has 34 heavy (non-hydrogen) atoms. The summed E-state index contributed by atoms with van der Waals surface area (Å²) in [7, 11) is 0. The van der Waals surface area contributed by atoms with Gasteiger partial charge in [-0.2, -0.15) is 0 Å². The van der Waals surface area contributed by atoms with Gasteiger partial charge in [0.1, 0.15) is 12.4 Å². The van der Waals surface area contributed by atoms with Crippen LogP contribution in [0.2, 0.25) is 0 Å². The molecule has 0 saturated carbocycles. The molecule has 5 nitrogen and oxygen atoms in total. The molecule has 2 heterocycles. The number of fused-ring (bicyclic) bond motifs is 1. The normalized spacial score (nSPS) is 14.7. The summed E-state index contributed by atoms with van der Waals surface area (Å²) in [6.07, 6.45) is 3.69. The van der Waals surface area contributed by atoms with Crippen LogP contribution < -0.4 is 10.1 Å². The van der Waals surface area contributed by atoms with E-state index in [0.717, 1.165) is 48.9 Å². The molecule has 1 fully saturated rings. The number of ether oxygens (including phenoxy) is 1. The molecule has 5 rings (SSSR count). The van der Waals surface area contributed by atoms with Gasteiger partial charge in [-0.05, 0) is 42.7 Å². The molecular formula is C29H29N3O2. The Bertz CT molecular complexity index is 1250. The van der Waals surface area contributed by atoms with Crippen LogP contribution >= 0.6 is 0 Å². The number of hydrogen-bond donors (Lipinski definition) is 1. The van der Waals surface area contributed by atoms with E-state index >= 15 is 0 Å². The second kappa shape index (κ2) is 10.5. The topological polar surface area (TPSA) is 54.5 Å². The summed E-state index contributed by atoms with van der Waals surface area (Å²) >= 11 is 0. The zero-order chi connectivity index (χ0) is 23.2. The molecule has 0 aliphatic carbocycles. The van der Waals surface area contributed by atoms with E-state index in [1.165, 1.54) is 5.56 Å². The molecule has 1 aliphatic heterocycles. The number of piperidine rings is 1. The smallest absolute Gasteiger partial charge is 0.255 e. The first kappa shape index (κ1) is 22.1. The van der Waals surface area contributed by atoms with E-state index in [2.05, 4.69) is 39.5 Å². The maximum atomic E-state index is 13.1. The van der Waals surface area contributed by atoms with Crippen LogP contribution in [0.4, 0.5) is 0 Å². The fourth-order valence-corrected chi connectivity index (χ4v) is 4.56. The van der Waals surface area contributed by atoms with E-state index in [1.807, 2.05) is 60.7 Å². The molecule has 0 unspecified atom stereocenters. The van der Waals surface area contributed by atoms with Gasteiger partial charge in [0.2, 0.25) is 0 Å². The van der Waals surface area contributed by atoms with E-state index < -0.39 is 0 Å². The van der Waals surface area contributed by atoms with Gasteiger partial charge in [-0.25, -0.2) is 0 Å². The van der Waals surface area contributed by atoms with Crippen molar-refractivity contribution in [2.45, 2.75) is 32.0 Å². The van der Waals surface area contributed by atoms with Gasteiger partial charge in [-0.15, -0.1) is 0 Å². The Morgan fingerprint density at radius 1 is 0.912 bits per heavy atom. The van der Waals surface area contributed by atoms with Crippen LogP contribution in [0.1, 0.15) is 34.3 Å². The van der Waals surface area contributed by atoms with Crippen LogP contribution in [-0.4, -0.2) is 34.9 Å². The Balaban J connectivity index is 1.19. The number of nitrogens with one attached hydrogen (secondary N) is 1. The van der Waals surface area contributed by atoms with Crippen LogP contribution in [0.25, 0.3) is 10.9 Å². The molecule has 1 N–H and O–H groups in total. The largest absolute Gasteiger partial charge is 0.488 e. The van der Waals surface area contributed by atoms with Crippen molar-refractivity contribution in [1.29, 1.82) is 0 Å². The summed E-state index contributed by atoms with van der Waals surface area (Å²) in [4.78, 5) is 20.0. The molecule has 5 heteroatoms. The molecule has 1 amide bonds. The Hall–Kier alpha value is -3.70. The Morgan fingerprint density at radius 3 is 2.50 bits per heavy atom. The average Bonchev–Trinajstić information content (AvgIpc) is 2.89. The molecule has 4 aromatic rings. The van der Waals surface area contributed by atoms with Gasteiger partial charge < -0.3 is 10.1 Å². The highest BCUT2D eigenvalue weighted by Crippen LogP contribution is 2.23. The maximum absolute atomic E-state index is 13.1. The van der Waals surface area contributed by atoms with E-state index in [-0.39, 0.29) is 11.9 Å². The first-order chi connectivity index (χ1) is 16.8. The van der Waals surface area contributed by atoms with Crippen molar-refractivity contribution in [3.63, 3.8) is 0 Å². The number of aromatic nitrogens is 1. The average molecular weight is 452 g/mol. The maximum Gasteiger partial charge on any atom is 0.255 e. The number of hydrogen-bond acceptors (Lipinski definition) is 4. The molecule has 1 aliphatic rings. The molecule has 0 radical (unpaired) electrons. The number of nitrogens with zero attached hydrogens (tertiary/aromatic N) is 2. The van der Waals surface area contributed by atoms with Crippen molar-refractivity contribution in [2.75, 3.05) is 13.1 Å². The van der Waals surface area contributed by atoms with Gasteiger partial charge in [-0.1, -0.05) is 60.7 Å². The highest BCUT2D eigenvalue weighted by Gasteiger charge is 2.22. The highest BCUT2D eigenvalue weighted by molar-refractivity contribution is 5.97. The summed E-state index contributed by atoms with van der Waals surface area (Å²) in [6, 6.07) is 28.2. The van der Waals surface area contributed by atoms with Crippen molar-refractivity contribution in [2.24, 2.45) is 0 Å². The van der Waals surface area contributed by atoms with Gasteiger partial charge in [0, 0.05) is 42.8 Å². The number of carbonyl (C=O) groups is 1. The predicted molar refractivity (Wildman–Crippen MR) is 135 cm³/mol. The molecule has 0 spiro atoms. The van der Waals surface area contributed by atoms with Gasteiger partial charge in [0.05, 0.1) is 11.1 Å². The van der Waals surface area contributed by atoms with E-state index in [9.17, 15) is 4.79 Å². The fraction of sp³-hybridized carbons (Fsp3) is 0.241. The van der Waals surface area contributed by atoms with E-state index in [4.69, 9.17) is 4.74 Å². The number of carbonyl (C=O) groups excluding carboxylic acids is 1. The van der Waals surface area contributed by atoms with Crippen molar-refractivity contribution in [1.82, 2.24) is 15.2 Å². The number of pyridine rings is 1. The van der Waals surface area contributed by atoms with Gasteiger partial charge in [0.15, 0.2) is 0 Å². The minimum atomic E-state index is -0.0725. The summed E-state index contributed by atoms with van der Waals surface area (Å²) in [5.74, 6) is 0.527. The van der Waals surface area contributed by atoms with Gasteiger partial charge in [-0.3, -0.25) is 14.7 Å². The van der Waals surface area contributed by atoms with E-state index in [0.29, 0.717) is 17.9 Å². The lowest BCUT2D eigenvalue weighted by molar-refractivity contribution is 0.0904. The third kappa shape index (κ3) is 5.26. The number of amides is 1. The van der Waals surface area contributed by atoms with Gasteiger partial charge in [0.25, 0.3) is 5.91 Å². The lowest BCUT2D eigenvalue weighted by atomic mass is 10.0. The second-order valence-corrected chi connectivity index (χ2v) is 8.78. The first-order valence-electron chi connectivity index (χ1n) is 11.9. The van der Waals surface area contributed by atoms with Crippen LogP contribution in [0.5, 0.6) is 5.75 Å².